The number of phenolic OH excluding ortho intramolecular Hbond substituents is 1. The summed E-state index contributed by atoms with van der Waals surface area (Å²) < 4.78 is 0. The summed E-state index contributed by atoms with van der Waals surface area (Å²) in [5.74, 6) is -16.1. The molecule has 0 radical (unpaired) electrons. The first-order chi connectivity index (χ1) is 37.5. The number of rotatable bonds is 34. The Morgan fingerprint density at radius 3 is 1.66 bits per heavy atom. The number of nitrogens with zero attached hydrogens (tertiary/aromatic N) is 1. The van der Waals surface area contributed by atoms with Gasteiger partial charge in [0, 0.05) is 32.7 Å². The molecule has 1 aliphatic heterocycles. The maximum absolute atomic E-state index is 14.1. The summed E-state index contributed by atoms with van der Waals surface area (Å²) in [5, 5.41) is 78.5. The quantitative estimate of drug-likeness (QED) is 0.0285. The van der Waals surface area contributed by atoms with E-state index in [9.17, 15) is 92.7 Å². The fraction of sp³-hybridized carbons (Fsp3) is 0.592. The topological polar surface area (TPSA) is 498 Å². The summed E-state index contributed by atoms with van der Waals surface area (Å²) in [6, 6.07) is -8.59. The molecule has 1 fully saturated rings. The van der Waals surface area contributed by atoms with E-state index in [1.807, 2.05) is 0 Å². The second-order valence-electron chi connectivity index (χ2n) is 19.1. The molecule has 0 spiro atoms. The van der Waals surface area contributed by atoms with E-state index in [1.165, 1.54) is 24.3 Å². The highest BCUT2D eigenvalue weighted by atomic mass is 16.4. The molecule has 1 saturated heterocycles. The highest BCUT2D eigenvalue weighted by molar-refractivity contribution is 6.38. The number of carboxylic acid groups (broad SMARTS) is 2. The van der Waals surface area contributed by atoms with Gasteiger partial charge in [-0.1, -0.05) is 39.3 Å². The van der Waals surface area contributed by atoms with Gasteiger partial charge in [-0.2, -0.15) is 0 Å². The number of ketones is 1. The average molecular weight is 1140 g/mol. The van der Waals surface area contributed by atoms with Crippen molar-refractivity contribution < 1.29 is 97.8 Å². The van der Waals surface area contributed by atoms with Gasteiger partial charge in [-0.15, -0.1) is 0 Å². The van der Waals surface area contributed by atoms with Crippen molar-refractivity contribution in [2.75, 3.05) is 26.3 Å². The predicted octanol–water partition coefficient (Wildman–Crippen LogP) is -6.45. The largest absolute Gasteiger partial charge is 0.508 e. The van der Waals surface area contributed by atoms with Crippen LogP contribution in [0.2, 0.25) is 0 Å². The second kappa shape index (κ2) is 33.2. The van der Waals surface area contributed by atoms with Crippen LogP contribution in [0.4, 0.5) is 0 Å². The fourth-order valence-electron chi connectivity index (χ4n) is 7.99. The number of carboxylic acids is 2. The van der Waals surface area contributed by atoms with Crippen molar-refractivity contribution in [2.24, 2.45) is 11.7 Å². The van der Waals surface area contributed by atoms with Crippen LogP contribution in [0.3, 0.4) is 0 Å². The molecule has 0 aliphatic carbocycles. The van der Waals surface area contributed by atoms with Crippen LogP contribution in [-0.4, -0.2) is 205 Å². The van der Waals surface area contributed by atoms with E-state index in [2.05, 4.69) is 47.9 Å². The SMILES string of the molecule is CCC[C@H](NC(=O)C1CCCN1C(=O)[C@@H](NC(=O)[C@@H](CCC(=O)O)NC(=O)C(CCC(=O)O)NC(C)=O)C(C)C)C(=O)C(=O)NCC(=O)N[C@H](C(=O)N[C@@H](CO)C(=O)N[C@H](Cc1ccc(O)cc1)C(=O)N[C@H](CO)C(N)=O)C(C)O. The zero-order chi connectivity index (χ0) is 60.6. The summed E-state index contributed by atoms with van der Waals surface area (Å²) in [5.41, 5.74) is 5.58. The lowest BCUT2D eigenvalue weighted by Crippen LogP contribution is -2.61. The molecule has 3 unspecified atom stereocenters. The van der Waals surface area contributed by atoms with Crippen molar-refractivity contribution in [3.05, 3.63) is 29.8 Å². The van der Waals surface area contributed by atoms with Gasteiger partial charge in [0.2, 0.25) is 64.9 Å². The maximum Gasteiger partial charge on any atom is 0.303 e. The summed E-state index contributed by atoms with van der Waals surface area (Å²) in [6.45, 7) is 3.87. The molecule has 80 heavy (non-hydrogen) atoms. The Hall–Kier alpha value is -8.32. The van der Waals surface area contributed by atoms with E-state index < -0.39 is 188 Å². The lowest BCUT2D eigenvalue weighted by Gasteiger charge is -2.32. The maximum atomic E-state index is 14.1. The van der Waals surface area contributed by atoms with Crippen molar-refractivity contribution in [1.82, 2.24) is 52.8 Å². The molecule has 444 valence electrons. The van der Waals surface area contributed by atoms with Gasteiger partial charge in [0.05, 0.1) is 31.9 Å². The molecule has 1 aliphatic rings. The molecule has 10 atom stereocenters. The van der Waals surface area contributed by atoms with Gasteiger partial charge >= 0.3 is 11.9 Å². The number of benzene rings is 1. The van der Waals surface area contributed by atoms with Gasteiger partial charge < -0.3 is 89.1 Å². The molecule has 1 aromatic rings. The standard InChI is InChI=1S/C49H73N11O20/c1-6-8-28(53-46(77)34-9-7-18-60(34)49(80)38(23(2)3)59-43(74)30(15-17-37(69)70)54-42(73)29(52-25(5)64)14-16-36(67)68)40(71)48(79)51-20-35(66)58-39(24(4)63)47(78)57-33(22-62)45(76)55-31(19-26-10-12-27(65)13-11-26)44(75)56-32(21-61)41(50)72/h10-13,23-24,28-34,38-39,61-63,65H,6-9,14-22H2,1-5H3,(H2,50,72)(H,51,79)(H,52,64)(H,53,77)(H,54,73)(H,55,76)(H,56,75)(H,57,78)(H,58,66)(H,59,74)(H,67,68)(H,69,70)/t24?,28-,29?,30+,31+,32+,33-,34?,38-,39-/m0/s1. The van der Waals surface area contributed by atoms with E-state index in [-0.39, 0.29) is 50.8 Å². The number of amides is 11. The summed E-state index contributed by atoms with van der Waals surface area (Å²) >= 11 is 0. The lowest BCUT2D eigenvalue weighted by atomic mass is 10.0. The second-order valence-corrected chi connectivity index (χ2v) is 19.1. The number of carbonyl (C=O) groups is 14. The summed E-state index contributed by atoms with van der Waals surface area (Å²) in [4.78, 5) is 182. The molecule has 11 amide bonds. The van der Waals surface area contributed by atoms with Gasteiger partial charge in [0.25, 0.3) is 5.91 Å². The summed E-state index contributed by atoms with van der Waals surface area (Å²) in [6.07, 6.45) is -3.57. The number of hydrogen-bond acceptors (Lipinski definition) is 18. The van der Waals surface area contributed by atoms with Gasteiger partial charge in [-0.3, -0.25) is 67.1 Å². The molecule has 1 aromatic carbocycles. The van der Waals surface area contributed by atoms with Crippen LogP contribution in [-0.2, 0) is 73.5 Å². The smallest absolute Gasteiger partial charge is 0.303 e. The number of aliphatic carboxylic acids is 2. The molecular weight excluding hydrogens is 1060 g/mol. The lowest BCUT2D eigenvalue weighted by molar-refractivity contribution is -0.144. The molecule has 0 bridgehead atoms. The van der Waals surface area contributed by atoms with Crippen molar-refractivity contribution in [3.63, 3.8) is 0 Å². The van der Waals surface area contributed by atoms with Crippen LogP contribution in [0.5, 0.6) is 5.75 Å². The van der Waals surface area contributed by atoms with Crippen LogP contribution in [0.15, 0.2) is 24.3 Å². The Kier molecular flexibility index (Phi) is 28.1. The first-order valence-corrected chi connectivity index (χ1v) is 25.5. The van der Waals surface area contributed by atoms with Crippen LogP contribution >= 0.6 is 0 Å². The van der Waals surface area contributed by atoms with Gasteiger partial charge in [0.1, 0.15) is 54.1 Å². The number of likely N-dealkylation sites (tertiary alicyclic amines) is 1. The molecule has 2 rings (SSSR count). The van der Waals surface area contributed by atoms with Gasteiger partial charge in [-0.25, -0.2) is 0 Å². The Balaban J connectivity index is 2.17. The number of aromatic hydroxyl groups is 1. The minimum absolute atomic E-state index is 0.00803. The molecule has 31 nitrogen and oxygen atoms in total. The molecule has 1 heterocycles. The van der Waals surface area contributed by atoms with Crippen LogP contribution in [0.25, 0.3) is 0 Å². The number of nitrogens with one attached hydrogen (secondary N) is 9. The fourth-order valence-corrected chi connectivity index (χ4v) is 7.99. The number of Topliss-reactive ketones (excluding diaryl/α,β-unsaturated/α-hetero) is 1. The Morgan fingerprint density at radius 2 is 1.15 bits per heavy atom. The zero-order valence-corrected chi connectivity index (χ0v) is 44.8. The van der Waals surface area contributed by atoms with Crippen molar-refractivity contribution in [2.45, 2.75) is 153 Å². The van der Waals surface area contributed by atoms with Crippen LogP contribution < -0.4 is 53.6 Å². The molecular formula is C49H73N11O20. The predicted molar refractivity (Wildman–Crippen MR) is 274 cm³/mol. The first-order valence-electron chi connectivity index (χ1n) is 25.5. The Bertz CT molecular complexity index is 2420. The third-order valence-electron chi connectivity index (χ3n) is 12.3. The van der Waals surface area contributed by atoms with Gasteiger partial charge in [0.15, 0.2) is 0 Å². The number of aliphatic hydroxyl groups is 3. The number of carbonyl (C=O) groups excluding carboxylic acids is 12. The molecule has 0 saturated carbocycles. The average Bonchev–Trinajstić information content (AvgIpc) is 3.89. The van der Waals surface area contributed by atoms with Gasteiger partial charge in [-0.05, 0) is 62.6 Å². The minimum Gasteiger partial charge on any atom is -0.508 e. The van der Waals surface area contributed by atoms with Crippen LogP contribution in [0.1, 0.15) is 91.5 Å². The van der Waals surface area contributed by atoms with E-state index in [1.54, 1.807) is 20.8 Å². The molecule has 17 N–H and O–H groups in total. The molecule has 0 aromatic heterocycles. The normalized spacial score (nSPS) is 16.3. The van der Waals surface area contributed by atoms with Crippen molar-refractivity contribution in [1.29, 1.82) is 0 Å². The van der Waals surface area contributed by atoms with Crippen molar-refractivity contribution in [3.8, 4) is 5.75 Å². The number of hydrogen-bond donors (Lipinski definition) is 16. The Labute approximate surface area is 458 Å². The third kappa shape index (κ3) is 22.2. The number of phenols is 1. The summed E-state index contributed by atoms with van der Waals surface area (Å²) in [7, 11) is 0. The van der Waals surface area contributed by atoms with E-state index in [0.717, 1.165) is 18.7 Å². The number of nitrogens with two attached hydrogens (primary N) is 1. The molecule has 31 heteroatoms. The Morgan fingerprint density at radius 1 is 0.637 bits per heavy atom. The van der Waals surface area contributed by atoms with E-state index >= 15 is 0 Å². The number of aliphatic hydroxyl groups excluding tert-OH is 3. The highest BCUT2D eigenvalue weighted by Gasteiger charge is 2.41. The third-order valence-corrected chi connectivity index (χ3v) is 12.3. The highest BCUT2D eigenvalue weighted by Crippen LogP contribution is 2.22. The zero-order valence-electron chi connectivity index (χ0n) is 44.8. The first kappa shape index (κ1) is 67.8. The van der Waals surface area contributed by atoms with Crippen LogP contribution in [0, 0.1) is 5.92 Å². The van der Waals surface area contributed by atoms with E-state index in [4.69, 9.17) is 10.8 Å². The minimum atomic E-state index is -1.87. The van der Waals surface area contributed by atoms with E-state index in [0.29, 0.717) is 5.56 Å². The monoisotopic (exact) mass is 1140 g/mol. The van der Waals surface area contributed by atoms with Crippen molar-refractivity contribution >= 4 is 82.7 Å². The number of primary amides is 1.